The number of fused-ring (bicyclic) bond motifs is 2. The molecule has 0 aliphatic heterocycles. The fourth-order valence-electron chi connectivity index (χ4n) is 4.26. The molecule has 0 aliphatic carbocycles. The van der Waals surface area contributed by atoms with E-state index in [1.54, 1.807) is 35.6 Å². The molecular weight excluding hydrogens is 494 g/mol. The van der Waals surface area contributed by atoms with Crippen LogP contribution in [0.15, 0.2) is 71.6 Å². The number of pyridine rings is 1. The van der Waals surface area contributed by atoms with E-state index in [0.717, 1.165) is 37.9 Å². The van der Waals surface area contributed by atoms with Crippen LogP contribution in [0, 0.1) is 13.8 Å². The lowest BCUT2D eigenvalue weighted by molar-refractivity contribution is 0.0698. The number of benzene rings is 3. The lowest BCUT2D eigenvalue weighted by Gasteiger charge is -2.14. The summed E-state index contributed by atoms with van der Waals surface area (Å²) in [6.45, 7) is 4.08. The van der Waals surface area contributed by atoms with Crippen LogP contribution in [-0.4, -0.2) is 30.7 Å². The zero-order chi connectivity index (χ0) is 25.6. The van der Waals surface area contributed by atoms with E-state index in [2.05, 4.69) is 12.1 Å². The van der Waals surface area contributed by atoms with Gasteiger partial charge < -0.3 is 9.84 Å². The van der Waals surface area contributed by atoms with Crippen LogP contribution in [-0.2, 0) is 16.4 Å². The smallest absolute Gasteiger partial charge is 0.336 e. The van der Waals surface area contributed by atoms with Crippen molar-refractivity contribution in [3.63, 3.8) is 0 Å². The molecule has 0 amide bonds. The van der Waals surface area contributed by atoms with Crippen LogP contribution in [0.25, 0.3) is 31.6 Å². The molecule has 0 radical (unpaired) electrons. The van der Waals surface area contributed by atoms with Crippen molar-refractivity contribution in [3.05, 3.63) is 89.0 Å². The van der Waals surface area contributed by atoms with Gasteiger partial charge in [0.1, 0.15) is 12.4 Å². The molecule has 0 saturated carbocycles. The van der Waals surface area contributed by atoms with Crippen molar-refractivity contribution in [2.75, 3.05) is 6.26 Å². The Labute approximate surface area is 212 Å². The number of nitrogens with zero attached hydrogens (tertiary/aromatic N) is 1. The molecule has 3 aromatic carbocycles. The summed E-state index contributed by atoms with van der Waals surface area (Å²) in [5.41, 5.74) is 4.00. The van der Waals surface area contributed by atoms with Crippen molar-refractivity contribution < 1.29 is 23.1 Å². The summed E-state index contributed by atoms with van der Waals surface area (Å²) in [7, 11) is -3.29. The molecule has 5 aromatic rings. The second-order valence-electron chi connectivity index (χ2n) is 8.72. The Morgan fingerprint density at radius 3 is 2.42 bits per heavy atom. The highest BCUT2D eigenvalue weighted by molar-refractivity contribution is 7.90. The Morgan fingerprint density at radius 2 is 1.75 bits per heavy atom. The first-order valence-electron chi connectivity index (χ1n) is 11.2. The van der Waals surface area contributed by atoms with E-state index < -0.39 is 15.8 Å². The van der Waals surface area contributed by atoms with E-state index in [1.807, 2.05) is 32.0 Å². The quantitative estimate of drug-likeness (QED) is 0.280. The summed E-state index contributed by atoms with van der Waals surface area (Å²) >= 11 is 1.60. The zero-order valence-corrected chi connectivity index (χ0v) is 21.5. The number of sulfone groups is 1. The van der Waals surface area contributed by atoms with E-state index in [1.165, 1.54) is 12.1 Å². The maximum absolute atomic E-state index is 12.4. The molecule has 1 N–H and O–H groups in total. The maximum Gasteiger partial charge on any atom is 0.336 e. The fourth-order valence-corrected chi connectivity index (χ4v) is 6.06. The highest BCUT2D eigenvalue weighted by Crippen LogP contribution is 2.40. The fraction of sp³-hybridized carbons (Fsp3) is 0.143. The van der Waals surface area contributed by atoms with Gasteiger partial charge >= 0.3 is 5.97 Å². The molecular formula is C28H23NO5S2. The van der Waals surface area contributed by atoms with Crippen molar-refractivity contribution >= 4 is 48.1 Å². The average Bonchev–Trinajstić information content (AvgIpc) is 3.19. The third-order valence-electron chi connectivity index (χ3n) is 6.18. The van der Waals surface area contributed by atoms with Crippen LogP contribution in [0.1, 0.15) is 27.0 Å². The number of aromatic carboxylic acids is 1. The van der Waals surface area contributed by atoms with Crippen LogP contribution < -0.4 is 4.74 Å². The topological polar surface area (TPSA) is 93.6 Å². The molecule has 0 atom stereocenters. The Hall–Kier alpha value is -3.75. The molecule has 6 nitrogen and oxygen atoms in total. The summed E-state index contributed by atoms with van der Waals surface area (Å²) in [6.07, 6.45) is 1.16. The number of thiophene rings is 1. The van der Waals surface area contributed by atoms with Gasteiger partial charge in [-0.25, -0.2) is 18.2 Å². The summed E-state index contributed by atoms with van der Waals surface area (Å²) in [5.74, 6) is -0.650. The summed E-state index contributed by atoms with van der Waals surface area (Å²) in [5, 5.41) is 11.7. The minimum absolute atomic E-state index is 0.123. The second-order valence-corrected chi connectivity index (χ2v) is 11.8. The maximum atomic E-state index is 12.4. The van der Waals surface area contributed by atoms with Crippen LogP contribution in [0.5, 0.6) is 5.75 Å². The number of carboxylic acid groups (broad SMARTS) is 1. The minimum Gasteiger partial charge on any atom is -0.488 e. The largest absolute Gasteiger partial charge is 0.488 e. The highest BCUT2D eigenvalue weighted by atomic mass is 32.2. The van der Waals surface area contributed by atoms with Crippen LogP contribution >= 0.6 is 11.3 Å². The van der Waals surface area contributed by atoms with Crippen LogP contribution in [0.4, 0.5) is 0 Å². The van der Waals surface area contributed by atoms with E-state index >= 15 is 0 Å². The number of aryl methyl sites for hydroxylation is 2. The third kappa shape index (κ3) is 4.34. The van der Waals surface area contributed by atoms with Crippen LogP contribution in [0.2, 0.25) is 0 Å². The van der Waals surface area contributed by atoms with E-state index in [4.69, 9.17) is 9.72 Å². The molecule has 2 heterocycles. The number of rotatable bonds is 6. The number of carbonyl (C=O) groups is 1. The van der Waals surface area contributed by atoms with Gasteiger partial charge in [0.2, 0.25) is 0 Å². The molecule has 0 bridgehead atoms. The van der Waals surface area contributed by atoms with E-state index in [0.29, 0.717) is 22.3 Å². The summed E-state index contributed by atoms with van der Waals surface area (Å²) in [6, 6.07) is 19.8. The third-order valence-corrected chi connectivity index (χ3v) is 8.60. The first-order valence-corrected chi connectivity index (χ1v) is 13.9. The number of carboxylic acids is 1. The van der Waals surface area contributed by atoms with Crippen molar-refractivity contribution in [1.29, 1.82) is 0 Å². The van der Waals surface area contributed by atoms with Crippen molar-refractivity contribution in [2.24, 2.45) is 0 Å². The van der Waals surface area contributed by atoms with Crippen molar-refractivity contribution in [1.82, 2.24) is 4.98 Å². The van der Waals surface area contributed by atoms with Crippen molar-refractivity contribution in [3.8, 4) is 16.3 Å². The number of hydrogen-bond acceptors (Lipinski definition) is 6. The molecule has 36 heavy (non-hydrogen) atoms. The Kier molecular flexibility index (Phi) is 6.02. The summed E-state index contributed by atoms with van der Waals surface area (Å²) in [4.78, 5) is 18.5. The Bertz CT molecular complexity index is 1750. The molecule has 0 spiro atoms. The summed E-state index contributed by atoms with van der Waals surface area (Å²) < 4.78 is 30.6. The number of aromatic nitrogens is 1. The Morgan fingerprint density at radius 1 is 1.03 bits per heavy atom. The van der Waals surface area contributed by atoms with Gasteiger partial charge in [0.25, 0.3) is 0 Å². The molecule has 0 aliphatic rings. The molecule has 5 rings (SSSR count). The molecule has 0 saturated heterocycles. The number of ether oxygens (including phenoxy) is 1. The first kappa shape index (κ1) is 24.0. The van der Waals surface area contributed by atoms with Crippen LogP contribution in [0.3, 0.4) is 0 Å². The molecule has 182 valence electrons. The average molecular weight is 518 g/mol. The van der Waals surface area contributed by atoms with Gasteiger partial charge in [0.05, 0.1) is 31.9 Å². The van der Waals surface area contributed by atoms with Gasteiger partial charge in [-0.2, -0.15) is 0 Å². The number of hydrogen-bond donors (Lipinski definition) is 1. The molecule has 2 aromatic heterocycles. The van der Waals surface area contributed by atoms with Crippen molar-refractivity contribution in [2.45, 2.75) is 25.3 Å². The predicted molar refractivity (Wildman–Crippen MR) is 143 cm³/mol. The molecule has 0 fully saturated rings. The predicted octanol–water partition coefficient (Wildman–Crippen LogP) is 6.41. The van der Waals surface area contributed by atoms with E-state index in [9.17, 15) is 18.3 Å². The monoisotopic (exact) mass is 517 g/mol. The van der Waals surface area contributed by atoms with Gasteiger partial charge in [-0.05, 0) is 66.3 Å². The minimum atomic E-state index is -3.29. The van der Waals surface area contributed by atoms with Gasteiger partial charge in [0.15, 0.2) is 9.84 Å². The van der Waals surface area contributed by atoms with Gasteiger partial charge in [-0.15, -0.1) is 11.3 Å². The second kappa shape index (κ2) is 9.04. The zero-order valence-electron chi connectivity index (χ0n) is 19.9. The van der Waals surface area contributed by atoms with Gasteiger partial charge in [-0.3, -0.25) is 0 Å². The SMILES string of the molecule is Cc1c(-c2cc(C(=O)O)c3c(OCc4ccc(S(C)(=O)=O)cc4)ccc(C)c3n2)sc2ccccc12. The molecule has 0 unspecified atom stereocenters. The highest BCUT2D eigenvalue weighted by Gasteiger charge is 2.21. The normalized spacial score (nSPS) is 11.8. The van der Waals surface area contributed by atoms with Gasteiger partial charge in [0, 0.05) is 11.0 Å². The first-order chi connectivity index (χ1) is 17.1. The Balaban J connectivity index is 1.59. The lowest BCUT2D eigenvalue weighted by atomic mass is 10.0. The van der Waals surface area contributed by atoms with E-state index in [-0.39, 0.29) is 17.1 Å². The van der Waals surface area contributed by atoms with Gasteiger partial charge in [-0.1, -0.05) is 36.4 Å². The molecule has 8 heteroatoms. The standard InChI is InChI=1S/C28H23NO5S2/c1-16-8-13-23(34-15-18-9-11-19(12-10-18)36(3,32)33)25-21(28(30)31)14-22(29-26(16)25)27-17(2)20-6-4-5-7-24(20)35-27/h4-14H,15H2,1-3H3,(H,30,31). The lowest BCUT2D eigenvalue weighted by Crippen LogP contribution is -2.04.